The number of nitrogens with one attached hydrogen (secondary N) is 1. The number of imidazole rings is 1. The van der Waals surface area contributed by atoms with Gasteiger partial charge in [0.25, 0.3) is 0 Å². The average molecular weight is 342 g/mol. The van der Waals surface area contributed by atoms with Gasteiger partial charge in [-0.1, -0.05) is 23.2 Å². The van der Waals surface area contributed by atoms with Crippen LogP contribution in [-0.2, 0) is 0 Å². The van der Waals surface area contributed by atoms with Crippen molar-refractivity contribution in [3.05, 3.63) is 52.2 Å². The molecule has 0 atom stereocenters. The van der Waals surface area contributed by atoms with Gasteiger partial charge >= 0.3 is 0 Å². The van der Waals surface area contributed by atoms with E-state index in [1.807, 2.05) is 0 Å². The Morgan fingerprint density at radius 2 is 1.86 bits per heavy atom. The summed E-state index contributed by atoms with van der Waals surface area (Å²) in [4.78, 5) is 16.2. The zero-order chi connectivity index (χ0) is 14.8. The molecule has 0 unspecified atom stereocenters. The third-order valence-corrected chi connectivity index (χ3v) is 3.42. The third kappa shape index (κ3) is 3.24. The van der Waals surface area contributed by atoms with Gasteiger partial charge in [0, 0.05) is 18.1 Å². The van der Waals surface area contributed by atoms with E-state index >= 15 is 0 Å². The van der Waals surface area contributed by atoms with Crippen LogP contribution in [0, 0.1) is 0 Å². The summed E-state index contributed by atoms with van der Waals surface area (Å²) in [7, 11) is 0. The lowest BCUT2D eigenvalue weighted by Crippen LogP contribution is -2.05. The Labute approximate surface area is 134 Å². The van der Waals surface area contributed by atoms with E-state index in [1.165, 1.54) is 0 Å². The smallest absolute Gasteiger partial charge is 0.241 e. The Morgan fingerprint density at radius 3 is 2.57 bits per heavy atom. The molecule has 1 N–H and O–H groups in total. The first-order chi connectivity index (χ1) is 10.1. The first-order valence-electron chi connectivity index (χ1n) is 5.74. The molecule has 3 rings (SSSR count). The van der Waals surface area contributed by atoms with Gasteiger partial charge in [0.1, 0.15) is 6.33 Å². The highest BCUT2D eigenvalue weighted by Crippen LogP contribution is 2.26. The number of hydrogen-bond acceptors (Lipinski definition) is 5. The molecule has 0 fully saturated rings. The predicted octanol–water partition coefficient (Wildman–Crippen LogP) is 3.76. The molecule has 0 aliphatic carbocycles. The van der Waals surface area contributed by atoms with Gasteiger partial charge in [-0.2, -0.15) is 15.0 Å². The topological polar surface area (TPSA) is 68.5 Å². The van der Waals surface area contributed by atoms with Gasteiger partial charge in [0.15, 0.2) is 0 Å². The van der Waals surface area contributed by atoms with E-state index in [4.69, 9.17) is 34.8 Å². The lowest BCUT2D eigenvalue weighted by molar-refractivity contribution is 0.899. The Morgan fingerprint density at radius 1 is 1.00 bits per heavy atom. The highest BCUT2D eigenvalue weighted by Gasteiger charge is 2.08. The van der Waals surface area contributed by atoms with Gasteiger partial charge in [0.05, 0.1) is 10.0 Å². The molecule has 6 nitrogen and oxygen atoms in total. The van der Waals surface area contributed by atoms with Crippen LogP contribution in [0.25, 0.3) is 5.95 Å². The van der Waals surface area contributed by atoms with Gasteiger partial charge in [-0.25, -0.2) is 4.98 Å². The molecule has 3 aromatic rings. The zero-order valence-corrected chi connectivity index (χ0v) is 12.6. The molecule has 0 aliphatic heterocycles. The molecule has 0 bridgehead atoms. The molecule has 106 valence electrons. The Balaban J connectivity index is 1.93. The van der Waals surface area contributed by atoms with Crippen LogP contribution in [0.15, 0.2) is 36.9 Å². The number of aromatic nitrogens is 5. The molecule has 2 heterocycles. The van der Waals surface area contributed by atoms with Crippen molar-refractivity contribution < 1.29 is 0 Å². The second-order valence-corrected chi connectivity index (χ2v) is 5.10. The summed E-state index contributed by atoms with van der Waals surface area (Å²) < 4.78 is 1.62. The van der Waals surface area contributed by atoms with Crippen LogP contribution in [-0.4, -0.2) is 24.5 Å². The highest BCUT2D eigenvalue weighted by atomic mass is 35.5. The van der Waals surface area contributed by atoms with Crippen LogP contribution in [0.2, 0.25) is 15.3 Å². The van der Waals surface area contributed by atoms with Crippen LogP contribution >= 0.6 is 34.8 Å². The summed E-state index contributed by atoms with van der Waals surface area (Å²) in [5.41, 5.74) is 0.684. The van der Waals surface area contributed by atoms with Gasteiger partial charge in [-0.15, -0.1) is 0 Å². The minimum Gasteiger partial charge on any atom is -0.324 e. The molecule has 2 aromatic heterocycles. The lowest BCUT2D eigenvalue weighted by Gasteiger charge is -2.07. The summed E-state index contributed by atoms with van der Waals surface area (Å²) in [5.74, 6) is 0.646. The number of anilines is 2. The standard InChI is InChI=1S/C12H7Cl3N6/c13-8-2-1-7(5-9(8)14)17-11-18-10(15)19-12(20-11)21-4-3-16-6-21/h1-6H,(H,17,18,19,20). The molecule has 0 amide bonds. The van der Waals surface area contributed by atoms with E-state index in [1.54, 1.807) is 41.5 Å². The largest absolute Gasteiger partial charge is 0.324 e. The van der Waals surface area contributed by atoms with E-state index in [-0.39, 0.29) is 11.2 Å². The van der Waals surface area contributed by atoms with E-state index in [9.17, 15) is 0 Å². The van der Waals surface area contributed by atoms with E-state index in [2.05, 4.69) is 25.3 Å². The maximum absolute atomic E-state index is 5.96. The van der Waals surface area contributed by atoms with Crippen molar-refractivity contribution in [3.63, 3.8) is 0 Å². The van der Waals surface area contributed by atoms with E-state index in [0.717, 1.165) is 0 Å². The van der Waals surface area contributed by atoms with Crippen molar-refractivity contribution in [3.8, 4) is 5.95 Å². The van der Waals surface area contributed by atoms with Crippen molar-refractivity contribution in [2.24, 2.45) is 0 Å². The summed E-state index contributed by atoms with van der Waals surface area (Å²) in [6.45, 7) is 0. The molecule has 0 radical (unpaired) electrons. The van der Waals surface area contributed by atoms with E-state index < -0.39 is 0 Å². The fourth-order valence-electron chi connectivity index (χ4n) is 1.59. The van der Waals surface area contributed by atoms with Crippen molar-refractivity contribution in [1.29, 1.82) is 0 Å². The number of halogens is 3. The SMILES string of the molecule is Clc1nc(Nc2ccc(Cl)c(Cl)c2)nc(-n2ccnc2)n1. The highest BCUT2D eigenvalue weighted by molar-refractivity contribution is 6.42. The number of benzene rings is 1. The van der Waals surface area contributed by atoms with Crippen molar-refractivity contribution in [2.45, 2.75) is 0 Å². The quantitative estimate of drug-likeness (QED) is 0.785. The predicted molar refractivity (Wildman–Crippen MR) is 81.7 cm³/mol. The van der Waals surface area contributed by atoms with Crippen LogP contribution in [0.5, 0.6) is 0 Å². The molecule has 0 saturated carbocycles. The Kier molecular flexibility index (Phi) is 3.92. The Bertz CT molecular complexity index is 775. The summed E-state index contributed by atoms with van der Waals surface area (Å²) >= 11 is 17.7. The Hall–Kier alpha value is -1.89. The van der Waals surface area contributed by atoms with Crippen LogP contribution in [0.3, 0.4) is 0 Å². The summed E-state index contributed by atoms with van der Waals surface area (Å²) in [6, 6.07) is 5.09. The molecular formula is C12H7Cl3N6. The number of nitrogens with zero attached hydrogens (tertiary/aromatic N) is 5. The maximum atomic E-state index is 5.96. The van der Waals surface area contributed by atoms with E-state index in [0.29, 0.717) is 21.7 Å². The molecular weight excluding hydrogens is 335 g/mol. The zero-order valence-electron chi connectivity index (χ0n) is 10.3. The molecule has 9 heteroatoms. The van der Waals surface area contributed by atoms with Crippen molar-refractivity contribution >= 4 is 46.4 Å². The first kappa shape index (κ1) is 14.1. The molecule has 21 heavy (non-hydrogen) atoms. The second-order valence-electron chi connectivity index (χ2n) is 3.95. The number of hydrogen-bond donors (Lipinski definition) is 1. The van der Waals surface area contributed by atoms with Crippen LogP contribution < -0.4 is 5.32 Å². The van der Waals surface area contributed by atoms with Crippen molar-refractivity contribution in [2.75, 3.05) is 5.32 Å². The van der Waals surface area contributed by atoms with Gasteiger partial charge in [0.2, 0.25) is 17.2 Å². The maximum Gasteiger partial charge on any atom is 0.241 e. The minimum absolute atomic E-state index is 0.0660. The van der Waals surface area contributed by atoms with Gasteiger partial charge < -0.3 is 5.32 Å². The minimum atomic E-state index is 0.0660. The van der Waals surface area contributed by atoms with Gasteiger partial charge in [-0.05, 0) is 29.8 Å². The van der Waals surface area contributed by atoms with Crippen molar-refractivity contribution in [1.82, 2.24) is 24.5 Å². The van der Waals surface area contributed by atoms with Crippen LogP contribution in [0.1, 0.15) is 0 Å². The second kappa shape index (κ2) is 5.85. The lowest BCUT2D eigenvalue weighted by atomic mass is 10.3. The van der Waals surface area contributed by atoms with Crippen LogP contribution in [0.4, 0.5) is 11.6 Å². The summed E-state index contributed by atoms with van der Waals surface area (Å²) in [5, 5.41) is 3.95. The summed E-state index contributed by atoms with van der Waals surface area (Å²) in [6.07, 6.45) is 4.88. The first-order valence-corrected chi connectivity index (χ1v) is 6.87. The monoisotopic (exact) mass is 340 g/mol. The van der Waals surface area contributed by atoms with Gasteiger partial charge in [-0.3, -0.25) is 4.57 Å². The third-order valence-electron chi connectivity index (χ3n) is 2.51. The fraction of sp³-hybridized carbons (Fsp3) is 0. The molecule has 1 aromatic carbocycles. The normalized spacial score (nSPS) is 10.6. The molecule has 0 spiro atoms. The average Bonchev–Trinajstić information content (AvgIpc) is 2.96. The molecule has 0 saturated heterocycles. The molecule has 0 aliphatic rings. The fourth-order valence-corrected chi connectivity index (χ4v) is 2.05. The number of rotatable bonds is 3.